The van der Waals surface area contributed by atoms with Gasteiger partial charge in [-0.25, -0.2) is 4.98 Å². The van der Waals surface area contributed by atoms with Gasteiger partial charge in [0.15, 0.2) is 22.5 Å². The molecule has 0 aliphatic heterocycles. The van der Waals surface area contributed by atoms with E-state index in [0.717, 1.165) is 39.4 Å². The van der Waals surface area contributed by atoms with Crippen molar-refractivity contribution in [1.82, 2.24) is 19.7 Å². The van der Waals surface area contributed by atoms with Crippen LogP contribution in [0.15, 0.2) is 53.0 Å². The zero-order valence-corrected chi connectivity index (χ0v) is 19.7. The monoisotopic (exact) mass is 472 g/mol. The van der Waals surface area contributed by atoms with Crippen molar-refractivity contribution < 1.29 is 9.47 Å². The van der Waals surface area contributed by atoms with Crippen LogP contribution >= 0.6 is 34.7 Å². The smallest absolute Gasteiger partial charge is 0.191 e. The van der Waals surface area contributed by atoms with Crippen LogP contribution in [0.4, 0.5) is 0 Å². The van der Waals surface area contributed by atoms with Gasteiger partial charge < -0.3 is 14.0 Å². The van der Waals surface area contributed by atoms with Crippen LogP contribution in [-0.2, 0) is 12.3 Å². The zero-order chi connectivity index (χ0) is 21.8. The Balaban J connectivity index is 1.53. The molecule has 160 valence electrons. The molecule has 6 nitrogen and oxygen atoms in total. The normalized spacial score (nSPS) is 11.0. The van der Waals surface area contributed by atoms with Gasteiger partial charge in [0.25, 0.3) is 0 Å². The van der Waals surface area contributed by atoms with Gasteiger partial charge in [0.2, 0.25) is 0 Å². The molecule has 0 atom stereocenters. The Bertz CT molecular complexity index is 1170. The van der Waals surface area contributed by atoms with Crippen LogP contribution in [0.5, 0.6) is 11.5 Å². The van der Waals surface area contributed by atoms with Crippen LogP contribution in [0.1, 0.15) is 12.6 Å². The minimum absolute atomic E-state index is 0.692. The van der Waals surface area contributed by atoms with E-state index in [1.165, 1.54) is 0 Å². The predicted molar refractivity (Wildman–Crippen MR) is 126 cm³/mol. The Hall–Kier alpha value is -2.55. The van der Waals surface area contributed by atoms with E-state index in [-0.39, 0.29) is 0 Å². The Kier molecular flexibility index (Phi) is 6.80. The average molecular weight is 473 g/mol. The maximum Gasteiger partial charge on any atom is 0.191 e. The molecule has 0 radical (unpaired) electrons. The third kappa shape index (κ3) is 4.56. The Morgan fingerprint density at radius 1 is 1.06 bits per heavy atom. The van der Waals surface area contributed by atoms with Gasteiger partial charge in [-0.3, -0.25) is 0 Å². The summed E-state index contributed by atoms with van der Waals surface area (Å²) in [5, 5.41) is 13.3. The number of rotatable bonds is 8. The summed E-state index contributed by atoms with van der Waals surface area (Å²) in [6.45, 7) is 2.86. The lowest BCUT2D eigenvalue weighted by molar-refractivity contribution is 0.356. The lowest BCUT2D eigenvalue weighted by Gasteiger charge is -2.10. The highest BCUT2D eigenvalue weighted by Gasteiger charge is 2.16. The van der Waals surface area contributed by atoms with Crippen molar-refractivity contribution in [1.29, 1.82) is 0 Å². The van der Waals surface area contributed by atoms with Gasteiger partial charge in [-0.05, 0) is 43.3 Å². The molecule has 0 saturated heterocycles. The number of methoxy groups -OCH3 is 2. The molecule has 0 bridgehead atoms. The highest BCUT2D eigenvalue weighted by Crippen LogP contribution is 2.39. The third-order valence-corrected chi connectivity index (χ3v) is 6.85. The summed E-state index contributed by atoms with van der Waals surface area (Å²) in [7, 11) is 3.27. The standard InChI is InChI=1S/C22H21ClN4O2S2/c1-4-27-20(14-8-10-15(23)11-9-14)25-26-22(27)31-13-16-12-30-21(24-16)17-6-5-7-18(28-2)19(17)29-3/h5-12H,4,13H2,1-3H3. The molecule has 31 heavy (non-hydrogen) atoms. The second-order valence-electron chi connectivity index (χ2n) is 6.53. The number of para-hydroxylation sites is 1. The van der Waals surface area contributed by atoms with Gasteiger partial charge in [0.05, 0.1) is 25.5 Å². The third-order valence-electron chi connectivity index (χ3n) is 4.67. The topological polar surface area (TPSA) is 62.1 Å². The van der Waals surface area contributed by atoms with Crippen LogP contribution in [-0.4, -0.2) is 34.0 Å². The highest BCUT2D eigenvalue weighted by molar-refractivity contribution is 7.98. The van der Waals surface area contributed by atoms with Gasteiger partial charge in [0, 0.05) is 28.3 Å². The number of hydrogen-bond donors (Lipinski definition) is 0. The molecular weight excluding hydrogens is 452 g/mol. The SMILES string of the molecule is CCn1c(SCc2csc(-c3cccc(OC)c3OC)n2)nnc1-c1ccc(Cl)cc1. The molecule has 4 aromatic rings. The second kappa shape index (κ2) is 9.72. The first-order valence-electron chi connectivity index (χ1n) is 9.62. The van der Waals surface area contributed by atoms with Crippen LogP contribution in [0.2, 0.25) is 5.02 Å². The maximum absolute atomic E-state index is 6.01. The van der Waals surface area contributed by atoms with E-state index in [1.807, 2.05) is 42.5 Å². The van der Waals surface area contributed by atoms with Gasteiger partial charge in [-0.15, -0.1) is 21.5 Å². The zero-order valence-electron chi connectivity index (χ0n) is 17.3. The molecule has 9 heteroatoms. The summed E-state index contributed by atoms with van der Waals surface area (Å²) < 4.78 is 13.1. The number of benzene rings is 2. The fraction of sp³-hybridized carbons (Fsp3) is 0.227. The molecule has 0 unspecified atom stereocenters. The first-order chi connectivity index (χ1) is 15.1. The quantitative estimate of drug-likeness (QED) is 0.291. The number of nitrogens with zero attached hydrogens (tertiary/aromatic N) is 4. The number of ether oxygens (including phenoxy) is 2. The van der Waals surface area contributed by atoms with Crippen molar-refractivity contribution in [3.63, 3.8) is 0 Å². The molecule has 2 aromatic heterocycles. The molecule has 0 amide bonds. The van der Waals surface area contributed by atoms with Crippen LogP contribution in [0.25, 0.3) is 22.0 Å². The number of halogens is 1. The molecule has 0 aliphatic rings. The molecule has 0 fully saturated rings. The van der Waals surface area contributed by atoms with Gasteiger partial charge in [-0.1, -0.05) is 29.4 Å². The van der Waals surface area contributed by atoms with Crippen LogP contribution in [0.3, 0.4) is 0 Å². The van der Waals surface area contributed by atoms with E-state index in [0.29, 0.717) is 22.3 Å². The van der Waals surface area contributed by atoms with Gasteiger partial charge in [0.1, 0.15) is 5.01 Å². The number of thioether (sulfide) groups is 1. The van der Waals surface area contributed by atoms with Crippen LogP contribution in [0, 0.1) is 0 Å². The summed E-state index contributed by atoms with van der Waals surface area (Å²) in [6.07, 6.45) is 0. The van der Waals surface area contributed by atoms with Gasteiger partial charge in [-0.2, -0.15) is 0 Å². The summed E-state index contributed by atoms with van der Waals surface area (Å²) in [6, 6.07) is 13.5. The summed E-state index contributed by atoms with van der Waals surface area (Å²) in [5.41, 5.74) is 2.89. The Morgan fingerprint density at radius 3 is 2.58 bits per heavy atom. The summed E-state index contributed by atoms with van der Waals surface area (Å²) in [4.78, 5) is 4.80. The van der Waals surface area contributed by atoms with E-state index in [4.69, 9.17) is 26.1 Å². The lowest BCUT2D eigenvalue weighted by Crippen LogP contribution is -2.00. The molecule has 0 spiro atoms. The van der Waals surface area contributed by atoms with Crippen LogP contribution < -0.4 is 9.47 Å². The lowest BCUT2D eigenvalue weighted by atomic mass is 10.2. The first kappa shape index (κ1) is 21.7. The van der Waals surface area contributed by atoms with E-state index in [9.17, 15) is 0 Å². The average Bonchev–Trinajstić information content (AvgIpc) is 3.44. The fourth-order valence-electron chi connectivity index (χ4n) is 3.18. The van der Waals surface area contributed by atoms with Crippen molar-refractivity contribution in [2.45, 2.75) is 24.4 Å². The second-order valence-corrected chi connectivity index (χ2v) is 8.77. The van der Waals surface area contributed by atoms with E-state index >= 15 is 0 Å². The fourth-order valence-corrected chi connectivity index (χ4v) is 5.15. The molecule has 0 saturated carbocycles. The highest BCUT2D eigenvalue weighted by atomic mass is 35.5. The molecular formula is C22H21ClN4O2S2. The minimum Gasteiger partial charge on any atom is -0.493 e. The van der Waals surface area contributed by atoms with Crippen molar-refractivity contribution in [2.75, 3.05) is 14.2 Å². The first-order valence-corrected chi connectivity index (χ1v) is 11.9. The van der Waals surface area contributed by atoms with Crippen molar-refractivity contribution in [2.24, 2.45) is 0 Å². The Labute approximate surface area is 194 Å². The summed E-state index contributed by atoms with van der Waals surface area (Å²) in [5.74, 6) is 2.91. The largest absolute Gasteiger partial charge is 0.493 e. The molecule has 0 N–H and O–H groups in total. The van der Waals surface area contributed by atoms with Gasteiger partial charge >= 0.3 is 0 Å². The van der Waals surface area contributed by atoms with Crippen molar-refractivity contribution >= 4 is 34.7 Å². The number of aromatic nitrogens is 4. The molecule has 0 aliphatic carbocycles. The molecule has 2 heterocycles. The van der Waals surface area contributed by atoms with Crippen molar-refractivity contribution in [3.05, 3.63) is 58.6 Å². The minimum atomic E-state index is 0.692. The van der Waals surface area contributed by atoms with Crippen molar-refractivity contribution in [3.8, 4) is 33.5 Å². The maximum atomic E-state index is 6.01. The molecule has 2 aromatic carbocycles. The Morgan fingerprint density at radius 2 is 1.87 bits per heavy atom. The van der Waals surface area contributed by atoms with E-state index in [2.05, 4.69) is 27.1 Å². The van der Waals surface area contributed by atoms with E-state index < -0.39 is 0 Å². The number of hydrogen-bond acceptors (Lipinski definition) is 7. The molecule has 4 rings (SSSR count). The predicted octanol–water partition coefficient (Wildman–Crippen LogP) is 6.05. The summed E-state index contributed by atoms with van der Waals surface area (Å²) >= 11 is 9.22. The number of thiazole rings is 1. The van der Waals surface area contributed by atoms with E-state index in [1.54, 1.807) is 37.3 Å².